The van der Waals surface area contributed by atoms with Gasteiger partial charge < -0.3 is 0 Å². The molecule has 0 bridgehead atoms. The van der Waals surface area contributed by atoms with Gasteiger partial charge in [-0.2, -0.15) is 0 Å². The number of carbonyl (C=O) groups excluding carboxylic acids is 1. The summed E-state index contributed by atoms with van der Waals surface area (Å²) in [6.45, 7) is 5.23. The molecular weight excluding hydrogens is 335 g/mol. The first kappa shape index (κ1) is 17.7. The Morgan fingerprint density at radius 2 is 1.77 bits per heavy atom. The standard InChI is InChI=1S/C20H19FN2O3/c1-4-18-19(15-7-5-13(2)6-8-15)23(17-11-9-16(21)10-12-17)22-20(18)26-25-14(3)24/h5-12H,4H2,1-3H3. The molecule has 0 aliphatic carbocycles. The highest BCUT2D eigenvalue weighted by Crippen LogP contribution is 2.34. The van der Waals surface area contributed by atoms with Crippen LogP contribution in [0.1, 0.15) is 25.0 Å². The second-order valence-electron chi connectivity index (χ2n) is 5.90. The lowest BCUT2D eigenvalue weighted by molar-refractivity contribution is -0.212. The maximum atomic E-state index is 13.3. The van der Waals surface area contributed by atoms with Crippen LogP contribution in [0.25, 0.3) is 16.9 Å². The Morgan fingerprint density at radius 1 is 1.12 bits per heavy atom. The number of benzene rings is 2. The molecule has 0 N–H and O–H groups in total. The smallest absolute Gasteiger partial charge is 0.264 e. The number of halogens is 1. The van der Waals surface area contributed by atoms with Gasteiger partial charge in [-0.3, -0.25) is 4.89 Å². The molecule has 0 aliphatic rings. The lowest BCUT2D eigenvalue weighted by atomic mass is 10.0. The van der Waals surface area contributed by atoms with Gasteiger partial charge in [0.05, 0.1) is 11.4 Å². The van der Waals surface area contributed by atoms with E-state index in [2.05, 4.69) is 9.99 Å². The highest BCUT2D eigenvalue weighted by atomic mass is 19.1. The van der Waals surface area contributed by atoms with E-state index >= 15 is 0 Å². The highest BCUT2D eigenvalue weighted by molar-refractivity contribution is 5.69. The van der Waals surface area contributed by atoms with Crippen LogP contribution in [0.2, 0.25) is 0 Å². The predicted molar refractivity (Wildman–Crippen MR) is 95.5 cm³/mol. The first-order chi connectivity index (χ1) is 12.5. The van der Waals surface area contributed by atoms with Crippen LogP contribution >= 0.6 is 0 Å². The molecule has 3 rings (SSSR count). The van der Waals surface area contributed by atoms with Crippen LogP contribution in [0.3, 0.4) is 0 Å². The molecule has 3 aromatic rings. The molecule has 0 atom stereocenters. The molecular formula is C20H19FN2O3. The normalized spacial score (nSPS) is 10.6. The van der Waals surface area contributed by atoms with Gasteiger partial charge in [-0.05, 0) is 37.6 Å². The van der Waals surface area contributed by atoms with Crippen LogP contribution in [0.5, 0.6) is 5.88 Å². The van der Waals surface area contributed by atoms with Gasteiger partial charge in [0.15, 0.2) is 0 Å². The zero-order valence-electron chi connectivity index (χ0n) is 14.8. The fourth-order valence-corrected chi connectivity index (χ4v) is 2.69. The van der Waals surface area contributed by atoms with E-state index in [1.54, 1.807) is 16.8 Å². The third-order valence-corrected chi connectivity index (χ3v) is 3.93. The van der Waals surface area contributed by atoms with E-state index in [1.807, 2.05) is 38.1 Å². The predicted octanol–water partition coefficient (Wildman–Crippen LogP) is 4.41. The van der Waals surface area contributed by atoms with Crippen molar-refractivity contribution in [3.05, 3.63) is 65.5 Å². The summed E-state index contributed by atoms with van der Waals surface area (Å²) in [4.78, 5) is 20.9. The minimum absolute atomic E-state index is 0.211. The van der Waals surface area contributed by atoms with Gasteiger partial charge in [-0.1, -0.05) is 36.8 Å². The van der Waals surface area contributed by atoms with Crippen molar-refractivity contribution in [3.63, 3.8) is 0 Å². The second-order valence-corrected chi connectivity index (χ2v) is 5.90. The van der Waals surface area contributed by atoms with Crippen LogP contribution in [0, 0.1) is 12.7 Å². The molecule has 0 spiro atoms. The first-order valence-corrected chi connectivity index (χ1v) is 8.29. The topological polar surface area (TPSA) is 53.4 Å². The van der Waals surface area contributed by atoms with Gasteiger partial charge in [0, 0.05) is 18.1 Å². The van der Waals surface area contributed by atoms with Crippen molar-refractivity contribution in [1.29, 1.82) is 0 Å². The molecule has 6 heteroatoms. The Hall–Kier alpha value is -3.15. The minimum atomic E-state index is -0.569. The molecule has 1 heterocycles. The number of nitrogens with zero attached hydrogens (tertiary/aromatic N) is 2. The van der Waals surface area contributed by atoms with E-state index in [0.717, 1.165) is 22.4 Å². The third kappa shape index (κ3) is 3.59. The fourth-order valence-electron chi connectivity index (χ4n) is 2.69. The minimum Gasteiger partial charge on any atom is -0.264 e. The van der Waals surface area contributed by atoms with Gasteiger partial charge in [-0.15, -0.1) is 5.10 Å². The van der Waals surface area contributed by atoms with Crippen molar-refractivity contribution in [3.8, 4) is 22.8 Å². The number of carbonyl (C=O) groups is 1. The average molecular weight is 354 g/mol. The van der Waals surface area contributed by atoms with Crippen molar-refractivity contribution in [2.45, 2.75) is 27.2 Å². The Balaban J connectivity index is 2.18. The lowest BCUT2D eigenvalue weighted by Gasteiger charge is -2.09. The maximum Gasteiger partial charge on any atom is 0.352 e. The molecule has 5 nitrogen and oxygen atoms in total. The number of hydrogen-bond donors (Lipinski definition) is 0. The molecule has 0 aliphatic heterocycles. The molecule has 26 heavy (non-hydrogen) atoms. The van der Waals surface area contributed by atoms with Crippen molar-refractivity contribution in [2.75, 3.05) is 0 Å². The molecule has 1 aromatic heterocycles. The molecule has 0 radical (unpaired) electrons. The Morgan fingerprint density at radius 3 is 2.35 bits per heavy atom. The van der Waals surface area contributed by atoms with Crippen molar-refractivity contribution in [2.24, 2.45) is 0 Å². The summed E-state index contributed by atoms with van der Waals surface area (Å²) >= 11 is 0. The lowest BCUT2D eigenvalue weighted by Crippen LogP contribution is -2.04. The van der Waals surface area contributed by atoms with Gasteiger partial charge in [-0.25, -0.2) is 18.8 Å². The van der Waals surface area contributed by atoms with E-state index in [-0.39, 0.29) is 11.7 Å². The Kier molecular flexibility index (Phi) is 5.02. The van der Waals surface area contributed by atoms with Crippen molar-refractivity contribution < 1.29 is 19.0 Å². The summed E-state index contributed by atoms with van der Waals surface area (Å²) < 4.78 is 15.0. The summed E-state index contributed by atoms with van der Waals surface area (Å²) in [6, 6.07) is 14.0. The van der Waals surface area contributed by atoms with E-state index in [9.17, 15) is 9.18 Å². The van der Waals surface area contributed by atoms with Crippen LogP contribution in [0.15, 0.2) is 48.5 Å². The monoisotopic (exact) mass is 354 g/mol. The number of aryl methyl sites for hydroxylation is 1. The quantitative estimate of drug-likeness (QED) is 0.503. The van der Waals surface area contributed by atoms with Crippen LogP contribution in [-0.2, 0) is 16.1 Å². The zero-order valence-corrected chi connectivity index (χ0v) is 14.8. The molecule has 0 saturated carbocycles. The SMILES string of the molecule is CCc1c(OOC(C)=O)nn(-c2ccc(F)cc2)c1-c1ccc(C)cc1. The number of rotatable bonds is 5. The van der Waals surface area contributed by atoms with E-state index in [1.165, 1.54) is 19.1 Å². The first-order valence-electron chi connectivity index (χ1n) is 8.29. The molecule has 0 saturated heterocycles. The van der Waals surface area contributed by atoms with E-state index in [0.29, 0.717) is 12.1 Å². The van der Waals surface area contributed by atoms with Crippen LogP contribution in [-0.4, -0.2) is 15.7 Å². The van der Waals surface area contributed by atoms with E-state index < -0.39 is 5.97 Å². The highest BCUT2D eigenvalue weighted by Gasteiger charge is 2.22. The zero-order chi connectivity index (χ0) is 18.7. The summed E-state index contributed by atoms with van der Waals surface area (Å²) in [6.07, 6.45) is 0.612. The Bertz CT molecular complexity index is 915. The molecule has 0 unspecified atom stereocenters. The average Bonchev–Trinajstić information content (AvgIpc) is 2.99. The second kappa shape index (κ2) is 7.39. The fraction of sp³-hybridized carbons (Fsp3) is 0.200. The van der Waals surface area contributed by atoms with Crippen molar-refractivity contribution >= 4 is 5.97 Å². The molecule has 134 valence electrons. The van der Waals surface area contributed by atoms with Gasteiger partial charge >= 0.3 is 5.97 Å². The van der Waals surface area contributed by atoms with Crippen LogP contribution in [0.4, 0.5) is 4.39 Å². The van der Waals surface area contributed by atoms with Gasteiger partial charge in [0.25, 0.3) is 5.88 Å². The molecule has 0 amide bonds. The van der Waals surface area contributed by atoms with Gasteiger partial charge in [0.2, 0.25) is 0 Å². The van der Waals surface area contributed by atoms with Gasteiger partial charge in [0.1, 0.15) is 5.82 Å². The largest absolute Gasteiger partial charge is 0.352 e. The maximum absolute atomic E-state index is 13.3. The molecule has 0 fully saturated rings. The number of hydrogen-bond acceptors (Lipinski definition) is 4. The molecule has 2 aromatic carbocycles. The Labute approximate surface area is 150 Å². The summed E-state index contributed by atoms with van der Waals surface area (Å²) in [5.41, 5.74) is 4.34. The van der Waals surface area contributed by atoms with Crippen LogP contribution < -0.4 is 4.89 Å². The summed E-state index contributed by atoms with van der Waals surface area (Å²) in [7, 11) is 0. The third-order valence-electron chi connectivity index (χ3n) is 3.93. The summed E-state index contributed by atoms with van der Waals surface area (Å²) in [5, 5.41) is 4.45. The van der Waals surface area contributed by atoms with Crippen molar-refractivity contribution in [1.82, 2.24) is 9.78 Å². The summed E-state index contributed by atoms with van der Waals surface area (Å²) in [5.74, 6) is -0.687. The van der Waals surface area contributed by atoms with E-state index in [4.69, 9.17) is 4.89 Å². The number of aromatic nitrogens is 2.